The third-order valence-corrected chi connectivity index (χ3v) is 5.22. The van der Waals surface area contributed by atoms with Crippen molar-refractivity contribution < 1.29 is 13.9 Å². The number of ether oxygens (including phenoxy) is 1. The van der Waals surface area contributed by atoms with Crippen LogP contribution in [-0.4, -0.2) is 38.5 Å². The van der Waals surface area contributed by atoms with Gasteiger partial charge in [0.05, 0.1) is 23.9 Å². The van der Waals surface area contributed by atoms with Crippen LogP contribution in [0.25, 0.3) is 0 Å². The monoisotopic (exact) mass is 484 g/mol. The van der Waals surface area contributed by atoms with Gasteiger partial charge in [-0.2, -0.15) is 5.10 Å². The Morgan fingerprint density at radius 1 is 1.23 bits per heavy atom. The zero-order valence-electron chi connectivity index (χ0n) is 14.1. The number of aryl methyl sites for hydroxylation is 1. The highest BCUT2D eigenvalue weighted by atomic mass is 79.9. The number of benzene rings is 1. The minimum atomic E-state index is -0.429. The van der Waals surface area contributed by atoms with Crippen molar-refractivity contribution in [1.82, 2.24) is 5.43 Å². The zero-order chi connectivity index (χ0) is 18.5. The lowest BCUT2D eigenvalue weighted by atomic mass is 10.2. The van der Waals surface area contributed by atoms with Crippen molar-refractivity contribution in [2.24, 2.45) is 5.10 Å². The van der Waals surface area contributed by atoms with Gasteiger partial charge in [-0.15, -0.1) is 0 Å². The van der Waals surface area contributed by atoms with Crippen LogP contribution in [-0.2, 0) is 4.74 Å². The van der Waals surface area contributed by atoms with E-state index in [-0.39, 0.29) is 0 Å². The molecule has 138 valence electrons. The summed E-state index contributed by atoms with van der Waals surface area (Å²) in [6.07, 6.45) is 1.46. The Morgan fingerprint density at radius 2 is 2.00 bits per heavy atom. The molecule has 3 rings (SSSR count). The number of urea groups is 1. The van der Waals surface area contributed by atoms with E-state index in [1.54, 1.807) is 6.07 Å². The Bertz CT molecular complexity index is 816. The van der Waals surface area contributed by atoms with Gasteiger partial charge in [0.2, 0.25) is 5.88 Å². The van der Waals surface area contributed by atoms with E-state index in [9.17, 15) is 4.79 Å². The summed E-state index contributed by atoms with van der Waals surface area (Å²) >= 11 is 6.91. The second-order valence-corrected chi connectivity index (χ2v) is 7.40. The molecule has 0 radical (unpaired) electrons. The first-order valence-corrected chi connectivity index (χ1v) is 9.60. The van der Waals surface area contributed by atoms with Crippen molar-refractivity contribution in [3.05, 3.63) is 44.5 Å². The van der Waals surface area contributed by atoms with Gasteiger partial charge in [-0.05, 0) is 46.6 Å². The van der Waals surface area contributed by atoms with Crippen molar-refractivity contribution >= 4 is 55.7 Å². The molecule has 1 aliphatic rings. The molecule has 0 aliphatic carbocycles. The molecule has 0 bridgehead atoms. The zero-order valence-corrected chi connectivity index (χ0v) is 17.3. The molecule has 2 aromatic rings. The first-order chi connectivity index (χ1) is 12.5. The topological polar surface area (TPSA) is 79.1 Å². The van der Waals surface area contributed by atoms with Gasteiger partial charge >= 0.3 is 6.03 Å². The predicted octanol–water partition coefficient (Wildman–Crippen LogP) is 4.11. The largest absolute Gasteiger partial charge is 0.438 e. The third kappa shape index (κ3) is 4.87. The van der Waals surface area contributed by atoms with Crippen molar-refractivity contribution in [2.45, 2.75) is 6.92 Å². The molecule has 0 spiro atoms. The number of amides is 2. The number of carbonyl (C=O) groups excluding carboxylic acids is 1. The van der Waals surface area contributed by atoms with E-state index in [0.29, 0.717) is 24.7 Å². The van der Waals surface area contributed by atoms with Crippen molar-refractivity contribution in [1.29, 1.82) is 0 Å². The number of nitrogens with one attached hydrogen (secondary N) is 2. The van der Waals surface area contributed by atoms with Crippen molar-refractivity contribution in [3.8, 4) is 0 Å². The highest BCUT2D eigenvalue weighted by molar-refractivity contribution is 9.10. The van der Waals surface area contributed by atoms with Crippen LogP contribution in [0.3, 0.4) is 0 Å². The molecule has 1 fully saturated rings. The highest BCUT2D eigenvalue weighted by Crippen LogP contribution is 2.30. The van der Waals surface area contributed by atoms with E-state index in [2.05, 4.69) is 52.6 Å². The number of furan rings is 1. The van der Waals surface area contributed by atoms with E-state index >= 15 is 0 Å². The fraction of sp³-hybridized carbons (Fsp3) is 0.294. The van der Waals surface area contributed by atoms with Crippen LogP contribution in [0.15, 0.2) is 42.7 Å². The van der Waals surface area contributed by atoms with Crippen molar-refractivity contribution in [2.75, 3.05) is 36.5 Å². The van der Waals surface area contributed by atoms with Gasteiger partial charge in [0.1, 0.15) is 0 Å². The van der Waals surface area contributed by atoms with Crippen LogP contribution in [0.5, 0.6) is 0 Å². The van der Waals surface area contributed by atoms with E-state index < -0.39 is 6.03 Å². The summed E-state index contributed by atoms with van der Waals surface area (Å²) in [4.78, 5) is 14.0. The Hall–Kier alpha value is -1.84. The molecule has 26 heavy (non-hydrogen) atoms. The van der Waals surface area contributed by atoms with Crippen molar-refractivity contribution in [3.63, 3.8) is 0 Å². The van der Waals surface area contributed by atoms with Crippen LogP contribution in [0, 0.1) is 6.92 Å². The lowest BCUT2D eigenvalue weighted by molar-refractivity contribution is 0.120. The fourth-order valence-electron chi connectivity index (χ4n) is 2.46. The average molecular weight is 486 g/mol. The summed E-state index contributed by atoms with van der Waals surface area (Å²) in [5.74, 6) is 1.28. The molecule has 0 saturated carbocycles. The van der Waals surface area contributed by atoms with Gasteiger partial charge in [-0.25, -0.2) is 10.2 Å². The van der Waals surface area contributed by atoms with Crippen LogP contribution in [0.4, 0.5) is 16.4 Å². The Labute approximate surface area is 168 Å². The number of hydrogen-bond acceptors (Lipinski definition) is 5. The number of rotatable bonds is 4. The minimum Gasteiger partial charge on any atom is -0.438 e. The number of hydrogen-bond donors (Lipinski definition) is 2. The van der Waals surface area contributed by atoms with E-state index in [4.69, 9.17) is 9.15 Å². The second kappa shape index (κ2) is 8.70. The maximum absolute atomic E-state index is 11.9. The summed E-state index contributed by atoms with van der Waals surface area (Å²) in [6.45, 7) is 4.85. The molecule has 1 aromatic carbocycles. The Balaban J connectivity index is 1.56. The van der Waals surface area contributed by atoms with E-state index in [0.717, 1.165) is 33.5 Å². The first-order valence-electron chi connectivity index (χ1n) is 8.01. The maximum Gasteiger partial charge on any atom is 0.339 e. The molecule has 0 atom stereocenters. The highest BCUT2D eigenvalue weighted by Gasteiger charge is 2.18. The Kier molecular flexibility index (Phi) is 6.33. The summed E-state index contributed by atoms with van der Waals surface area (Å²) in [5, 5.41) is 6.64. The molecular formula is C17H18Br2N4O3. The summed E-state index contributed by atoms with van der Waals surface area (Å²) in [6, 6.07) is 6.93. The maximum atomic E-state index is 11.9. The van der Waals surface area contributed by atoms with Gasteiger partial charge in [-0.3, -0.25) is 0 Å². The summed E-state index contributed by atoms with van der Waals surface area (Å²) < 4.78 is 13.0. The fourth-order valence-corrected chi connectivity index (χ4v) is 3.26. The molecule has 1 aliphatic heterocycles. The van der Waals surface area contributed by atoms with E-state index in [1.165, 1.54) is 6.21 Å². The molecule has 2 N–H and O–H groups in total. The van der Waals surface area contributed by atoms with Gasteiger partial charge in [0.25, 0.3) is 0 Å². The number of anilines is 2. The number of hydrazone groups is 1. The summed E-state index contributed by atoms with van der Waals surface area (Å²) in [5.41, 5.74) is 4.14. The van der Waals surface area contributed by atoms with Crippen LogP contribution in [0.1, 0.15) is 11.3 Å². The minimum absolute atomic E-state index is 0.429. The molecule has 2 heterocycles. The first kappa shape index (κ1) is 18.9. The molecule has 7 nitrogen and oxygen atoms in total. The second-order valence-electron chi connectivity index (χ2n) is 5.69. The van der Waals surface area contributed by atoms with Gasteiger partial charge in [-0.1, -0.05) is 15.9 Å². The SMILES string of the molecule is Cc1cc(NC(=O)N/N=C/c2cc(Br)c(N3CCOCC3)o2)ccc1Br. The van der Waals surface area contributed by atoms with E-state index in [1.807, 2.05) is 25.1 Å². The molecule has 0 unspecified atom stereocenters. The Morgan fingerprint density at radius 3 is 2.73 bits per heavy atom. The van der Waals surface area contributed by atoms with Gasteiger partial charge < -0.3 is 19.4 Å². The van der Waals surface area contributed by atoms with Crippen LogP contribution in [0.2, 0.25) is 0 Å². The normalized spacial score (nSPS) is 14.7. The molecule has 1 aromatic heterocycles. The average Bonchev–Trinajstić information content (AvgIpc) is 2.99. The van der Waals surface area contributed by atoms with Gasteiger partial charge in [0, 0.05) is 29.3 Å². The van der Waals surface area contributed by atoms with Crippen LogP contribution >= 0.6 is 31.9 Å². The lowest BCUT2D eigenvalue weighted by Gasteiger charge is -2.26. The number of nitrogens with zero attached hydrogens (tertiary/aromatic N) is 2. The quantitative estimate of drug-likeness (QED) is 0.504. The predicted molar refractivity (Wildman–Crippen MR) is 108 cm³/mol. The molecular weight excluding hydrogens is 468 g/mol. The molecule has 9 heteroatoms. The third-order valence-electron chi connectivity index (χ3n) is 3.76. The van der Waals surface area contributed by atoms with Gasteiger partial charge in [0.15, 0.2) is 5.76 Å². The lowest BCUT2D eigenvalue weighted by Crippen LogP contribution is -2.36. The number of carbonyl (C=O) groups is 1. The molecule has 2 amide bonds. The van der Waals surface area contributed by atoms with Crippen LogP contribution < -0.4 is 15.6 Å². The summed E-state index contributed by atoms with van der Waals surface area (Å²) in [7, 11) is 0. The number of halogens is 2. The smallest absolute Gasteiger partial charge is 0.339 e. The standard InChI is InChI=1S/C17H18Br2N4O3/c1-11-8-12(2-3-14(11)18)21-17(24)22-20-10-13-9-15(19)16(26-13)23-4-6-25-7-5-23/h2-3,8-10H,4-7H2,1H3,(H2,21,22,24)/b20-10+. The molecule has 1 saturated heterocycles. The number of morpholine rings is 1.